The number of sulfone groups is 1. The molecule has 1 aromatic rings. The van der Waals surface area contributed by atoms with Crippen molar-refractivity contribution in [2.24, 2.45) is 5.73 Å². The number of hydrogen-bond acceptors (Lipinski definition) is 3. The fourth-order valence-corrected chi connectivity index (χ4v) is 1.95. The molecule has 0 unspecified atom stereocenters. The Morgan fingerprint density at radius 3 is 2.64 bits per heavy atom. The lowest BCUT2D eigenvalue weighted by molar-refractivity contribution is 0.602. The second-order valence-corrected chi connectivity index (χ2v) is 5.60. The monoisotopic (exact) mass is 229 g/mol. The zero-order valence-corrected chi connectivity index (χ0v) is 9.36. The van der Waals surface area contributed by atoms with Crippen LogP contribution in [0.2, 0.25) is 0 Å². The first-order chi connectivity index (χ1) is 6.39. The van der Waals surface area contributed by atoms with Gasteiger partial charge in [0.05, 0.1) is 9.88 Å². The summed E-state index contributed by atoms with van der Waals surface area (Å²) < 4.78 is 22.4. The van der Waals surface area contributed by atoms with E-state index in [0.29, 0.717) is 16.3 Å². The van der Waals surface area contributed by atoms with E-state index in [1.165, 1.54) is 6.26 Å². The van der Waals surface area contributed by atoms with Gasteiger partial charge in [0.25, 0.3) is 0 Å². The van der Waals surface area contributed by atoms with E-state index in [2.05, 4.69) is 0 Å². The van der Waals surface area contributed by atoms with Crippen LogP contribution in [-0.2, 0) is 16.3 Å². The predicted molar refractivity (Wildman–Crippen MR) is 60.0 cm³/mol. The normalized spacial score (nSPS) is 11.2. The van der Waals surface area contributed by atoms with E-state index >= 15 is 0 Å². The van der Waals surface area contributed by atoms with Crippen LogP contribution < -0.4 is 5.73 Å². The lowest BCUT2D eigenvalue weighted by atomic mass is 10.1. The molecule has 14 heavy (non-hydrogen) atoms. The van der Waals surface area contributed by atoms with Gasteiger partial charge < -0.3 is 5.73 Å². The maximum absolute atomic E-state index is 11.2. The number of benzene rings is 1. The summed E-state index contributed by atoms with van der Waals surface area (Å²) in [7, 11) is -3.15. The third-order valence-corrected chi connectivity index (χ3v) is 2.96. The zero-order chi connectivity index (χ0) is 10.8. The number of rotatable bonds is 3. The van der Waals surface area contributed by atoms with Crippen LogP contribution in [0.1, 0.15) is 5.56 Å². The van der Waals surface area contributed by atoms with Gasteiger partial charge in [-0.2, -0.15) is 0 Å². The average molecular weight is 229 g/mol. The van der Waals surface area contributed by atoms with E-state index in [0.717, 1.165) is 5.56 Å². The summed E-state index contributed by atoms with van der Waals surface area (Å²) in [5.74, 6) is 0. The summed E-state index contributed by atoms with van der Waals surface area (Å²) in [6, 6.07) is 6.63. The summed E-state index contributed by atoms with van der Waals surface area (Å²) in [5.41, 5.74) is 6.19. The van der Waals surface area contributed by atoms with Crippen molar-refractivity contribution in [3.8, 4) is 0 Å². The van der Waals surface area contributed by atoms with Crippen LogP contribution in [0, 0.1) is 0 Å². The number of thiocarbonyl (C=S) groups is 1. The van der Waals surface area contributed by atoms with Gasteiger partial charge in [0, 0.05) is 12.7 Å². The van der Waals surface area contributed by atoms with Crippen molar-refractivity contribution in [3.05, 3.63) is 29.8 Å². The lowest BCUT2D eigenvalue weighted by Gasteiger charge is -2.02. The van der Waals surface area contributed by atoms with Crippen molar-refractivity contribution in [1.29, 1.82) is 0 Å². The Labute approximate surface area is 88.9 Å². The average Bonchev–Trinajstić information content (AvgIpc) is 2.01. The molecule has 1 aromatic carbocycles. The predicted octanol–water partition coefficient (Wildman–Crippen LogP) is 0.919. The Balaban J connectivity index is 3.08. The number of nitrogens with two attached hydrogens (primary N) is 1. The fraction of sp³-hybridized carbons (Fsp3) is 0.222. The van der Waals surface area contributed by atoms with Gasteiger partial charge in [-0.15, -0.1) is 0 Å². The third kappa shape index (κ3) is 3.08. The van der Waals surface area contributed by atoms with Crippen LogP contribution in [0.4, 0.5) is 0 Å². The van der Waals surface area contributed by atoms with E-state index in [-0.39, 0.29) is 0 Å². The minimum absolute atomic E-state index is 0.297. The van der Waals surface area contributed by atoms with Gasteiger partial charge in [-0.1, -0.05) is 24.4 Å². The summed E-state index contributed by atoms with van der Waals surface area (Å²) in [5, 5.41) is 0. The molecule has 0 aliphatic rings. The molecule has 76 valence electrons. The molecule has 3 nitrogen and oxygen atoms in total. The van der Waals surface area contributed by atoms with Gasteiger partial charge in [-0.25, -0.2) is 8.42 Å². The standard InChI is InChI=1S/C9H11NO2S2/c1-14(11,12)8-4-2-3-7(5-8)6-9(10)13/h2-5H,6H2,1H3,(H2,10,13). The molecule has 0 atom stereocenters. The second-order valence-electron chi connectivity index (χ2n) is 3.06. The second kappa shape index (κ2) is 4.06. The highest BCUT2D eigenvalue weighted by Crippen LogP contribution is 2.11. The van der Waals surface area contributed by atoms with Crippen molar-refractivity contribution >= 4 is 27.0 Å². The van der Waals surface area contributed by atoms with Crippen molar-refractivity contribution < 1.29 is 8.42 Å². The Kier molecular flexibility index (Phi) is 3.23. The molecule has 5 heteroatoms. The molecular formula is C9H11NO2S2. The molecule has 2 N–H and O–H groups in total. The highest BCUT2D eigenvalue weighted by molar-refractivity contribution is 7.90. The van der Waals surface area contributed by atoms with Gasteiger partial charge in [-0.05, 0) is 17.7 Å². The molecule has 0 bridgehead atoms. The van der Waals surface area contributed by atoms with E-state index in [1.807, 2.05) is 0 Å². The molecule has 0 aromatic heterocycles. The molecule has 0 radical (unpaired) electrons. The van der Waals surface area contributed by atoms with E-state index < -0.39 is 9.84 Å². The topological polar surface area (TPSA) is 60.2 Å². The molecule has 0 spiro atoms. The molecule has 0 aliphatic carbocycles. The molecule has 0 saturated carbocycles. The minimum atomic E-state index is -3.15. The van der Waals surface area contributed by atoms with Gasteiger partial charge in [0.2, 0.25) is 0 Å². The van der Waals surface area contributed by atoms with Crippen molar-refractivity contribution in [3.63, 3.8) is 0 Å². The van der Waals surface area contributed by atoms with Crippen molar-refractivity contribution in [2.45, 2.75) is 11.3 Å². The first kappa shape index (κ1) is 11.1. The maximum Gasteiger partial charge on any atom is 0.175 e. The van der Waals surface area contributed by atoms with Crippen LogP contribution in [0.5, 0.6) is 0 Å². The maximum atomic E-state index is 11.2. The van der Waals surface area contributed by atoms with Crippen LogP contribution in [-0.4, -0.2) is 19.7 Å². The van der Waals surface area contributed by atoms with E-state index in [1.54, 1.807) is 24.3 Å². The Morgan fingerprint density at radius 2 is 2.14 bits per heavy atom. The van der Waals surface area contributed by atoms with Gasteiger partial charge in [-0.3, -0.25) is 0 Å². The van der Waals surface area contributed by atoms with Crippen LogP contribution >= 0.6 is 12.2 Å². The van der Waals surface area contributed by atoms with Crippen molar-refractivity contribution in [1.82, 2.24) is 0 Å². The van der Waals surface area contributed by atoms with Crippen molar-refractivity contribution in [2.75, 3.05) is 6.26 Å². The Bertz CT molecular complexity index is 452. The fourth-order valence-electron chi connectivity index (χ4n) is 1.09. The lowest BCUT2D eigenvalue weighted by Crippen LogP contribution is -2.11. The third-order valence-electron chi connectivity index (χ3n) is 1.70. The molecular weight excluding hydrogens is 218 g/mol. The van der Waals surface area contributed by atoms with E-state index in [9.17, 15) is 8.42 Å². The molecule has 0 saturated heterocycles. The molecule has 0 aliphatic heterocycles. The highest BCUT2D eigenvalue weighted by atomic mass is 32.2. The van der Waals surface area contributed by atoms with Gasteiger partial charge in [0.1, 0.15) is 0 Å². The van der Waals surface area contributed by atoms with Crippen LogP contribution in [0.3, 0.4) is 0 Å². The summed E-state index contributed by atoms with van der Waals surface area (Å²) in [6.07, 6.45) is 1.60. The molecule has 0 amide bonds. The van der Waals surface area contributed by atoms with E-state index in [4.69, 9.17) is 18.0 Å². The van der Waals surface area contributed by atoms with Crippen LogP contribution in [0.25, 0.3) is 0 Å². The zero-order valence-electron chi connectivity index (χ0n) is 7.73. The Hall–Kier alpha value is -0.940. The van der Waals surface area contributed by atoms with Gasteiger partial charge in [0.15, 0.2) is 9.84 Å². The summed E-state index contributed by atoms with van der Waals surface area (Å²) >= 11 is 4.74. The Morgan fingerprint density at radius 1 is 1.50 bits per heavy atom. The summed E-state index contributed by atoms with van der Waals surface area (Å²) in [4.78, 5) is 0.655. The highest BCUT2D eigenvalue weighted by Gasteiger charge is 2.07. The number of hydrogen-bond donors (Lipinski definition) is 1. The van der Waals surface area contributed by atoms with Gasteiger partial charge >= 0.3 is 0 Å². The molecule has 0 fully saturated rings. The minimum Gasteiger partial charge on any atom is -0.393 e. The SMILES string of the molecule is CS(=O)(=O)c1cccc(CC(N)=S)c1. The first-order valence-electron chi connectivity index (χ1n) is 3.97. The molecule has 0 heterocycles. The van der Waals surface area contributed by atoms with Crippen LogP contribution in [0.15, 0.2) is 29.2 Å². The largest absolute Gasteiger partial charge is 0.393 e. The first-order valence-corrected chi connectivity index (χ1v) is 6.27. The molecule has 1 rings (SSSR count). The quantitative estimate of drug-likeness (QED) is 0.783. The smallest absolute Gasteiger partial charge is 0.175 e. The summed E-state index contributed by atoms with van der Waals surface area (Å²) in [6.45, 7) is 0.